The first kappa shape index (κ1) is 15.4. The average Bonchev–Trinajstić information content (AvgIpc) is 2.67. The topological polar surface area (TPSA) is 26.0 Å². The normalized spacial score (nSPS) is 12.8. The maximum absolute atomic E-state index is 12.7. The summed E-state index contributed by atoms with van der Waals surface area (Å²) in [6.45, 7) is 3.06. The number of hydrogen-bond donors (Lipinski definition) is 0. The number of alkyl halides is 6. The van der Waals surface area contributed by atoms with E-state index >= 15 is 0 Å². The van der Waals surface area contributed by atoms with Gasteiger partial charge in [-0.05, 0) is 32.0 Å². The molecule has 8 heteroatoms. The standard InChI is InChI=1S/C13H9F6NO/c1-6-7(2)21-11(20-6)8-3-9(12(14,15)16)5-10(4-8)13(17,18)19/h3-5H,1-2H3. The van der Waals surface area contributed by atoms with Crippen molar-refractivity contribution in [2.75, 3.05) is 0 Å². The number of rotatable bonds is 1. The average molecular weight is 309 g/mol. The van der Waals surface area contributed by atoms with Crippen LogP contribution >= 0.6 is 0 Å². The Morgan fingerprint density at radius 1 is 0.857 bits per heavy atom. The lowest BCUT2D eigenvalue weighted by molar-refractivity contribution is -0.143. The fourth-order valence-corrected chi connectivity index (χ4v) is 1.67. The van der Waals surface area contributed by atoms with Crippen molar-refractivity contribution in [3.63, 3.8) is 0 Å². The highest BCUT2D eigenvalue weighted by Gasteiger charge is 2.37. The van der Waals surface area contributed by atoms with Gasteiger partial charge in [-0.2, -0.15) is 26.3 Å². The fraction of sp³-hybridized carbons (Fsp3) is 0.308. The molecule has 0 aliphatic heterocycles. The van der Waals surface area contributed by atoms with E-state index in [0.717, 1.165) is 0 Å². The Bertz CT molecular complexity index is 617. The van der Waals surface area contributed by atoms with Crippen LogP contribution in [0.15, 0.2) is 22.6 Å². The van der Waals surface area contributed by atoms with Crippen molar-refractivity contribution >= 4 is 0 Å². The van der Waals surface area contributed by atoms with E-state index in [1.807, 2.05) is 0 Å². The molecule has 0 aliphatic rings. The Morgan fingerprint density at radius 2 is 1.33 bits per heavy atom. The Hall–Kier alpha value is -1.99. The molecule has 0 aliphatic carbocycles. The zero-order valence-corrected chi connectivity index (χ0v) is 10.9. The van der Waals surface area contributed by atoms with Crippen molar-refractivity contribution in [1.29, 1.82) is 0 Å². The number of nitrogens with zero attached hydrogens (tertiary/aromatic N) is 1. The molecule has 0 saturated carbocycles. The van der Waals surface area contributed by atoms with Crippen LogP contribution in [0.4, 0.5) is 26.3 Å². The molecule has 2 nitrogen and oxygen atoms in total. The highest BCUT2D eigenvalue weighted by molar-refractivity contribution is 5.57. The van der Waals surface area contributed by atoms with E-state index in [2.05, 4.69) is 4.98 Å². The van der Waals surface area contributed by atoms with Gasteiger partial charge >= 0.3 is 12.4 Å². The van der Waals surface area contributed by atoms with Crippen LogP contribution in [-0.4, -0.2) is 4.98 Å². The quantitative estimate of drug-likeness (QED) is 0.693. The minimum Gasteiger partial charge on any atom is -0.441 e. The number of halogens is 6. The Labute approximate surface area is 115 Å². The van der Waals surface area contributed by atoms with E-state index in [4.69, 9.17) is 4.42 Å². The molecule has 21 heavy (non-hydrogen) atoms. The lowest BCUT2D eigenvalue weighted by Crippen LogP contribution is -2.11. The third-order valence-electron chi connectivity index (χ3n) is 2.86. The smallest absolute Gasteiger partial charge is 0.416 e. The van der Waals surface area contributed by atoms with Crippen LogP contribution in [0.1, 0.15) is 22.6 Å². The monoisotopic (exact) mass is 309 g/mol. The summed E-state index contributed by atoms with van der Waals surface area (Å²) in [5.41, 5.74) is -2.77. The summed E-state index contributed by atoms with van der Waals surface area (Å²) in [4.78, 5) is 3.83. The predicted octanol–water partition coefficient (Wildman–Crippen LogP) is 5.00. The lowest BCUT2D eigenvalue weighted by Gasteiger charge is -2.13. The van der Waals surface area contributed by atoms with Gasteiger partial charge in [0.15, 0.2) is 0 Å². The predicted molar refractivity (Wildman–Crippen MR) is 61.4 cm³/mol. The van der Waals surface area contributed by atoms with Crippen LogP contribution in [0.3, 0.4) is 0 Å². The fourth-order valence-electron chi connectivity index (χ4n) is 1.67. The zero-order valence-electron chi connectivity index (χ0n) is 10.9. The Kier molecular flexibility index (Phi) is 3.51. The second-order valence-corrected chi connectivity index (χ2v) is 4.46. The van der Waals surface area contributed by atoms with Gasteiger partial charge in [-0.3, -0.25) is 0 Å². The summed E-state index contributed by atoms with van der Waals surface area (Å²) >= 11 is 0. The van der Waals surface area contributed by atoms with Crippen LogP contribution in [-0.2, 0) is 12.4 Å². The zero-order chi connectivity index (χ0) is 16.0. The highest BCUT2D eigenvalue weighted by atomic mass is 19.4. The summed E-state index contributed by atoms with van der Waals surface area (Å²) in [6, 6.07) is 1.23. The first-order valence-electron chi connectivity index (χ1n) is 5.72. The van der Waals surface area contributed by atoms with Crippen LogP contribution < -0.4 is 0 Å². The van der Waals surface area contributed by atoms with Crippen LogP contribution in [0, 0.1) is 13.8 Å². The number of oxazole rings is 1. The molecule has 0 saturated heterocycles. The van der Waals surface area contributed by atoms with Crippen molar-refractivity contribution in [2.24, 2.45) is 0 Å². The molecule has 2 aromatic rings. The Balaban J connectivity index is 2.65. The van der Waals surface area contributed by atoms with E-state index in [1.165, 1.54) is 6.92 Å². The minimum atomic E-state index is -4.90. The van der Waals surface area contributed by atoms with Gasteiger partial charge in [-0.15, -0.1) is 0 Å². The number of aromatic nitrogens is 1. The molecule has 1 aromatic carbocycles. The second-order valence-electron chi connectivity index (χ2n) is 4.46. The second kappa shape index (κ2) is 4.78. The summed E-state index contributed by atoms with van der Waals surface area (Å²) in [5, 5.41) is 0. The highest BCUT2D eigenvalue weighted by Crippen LogP contribution is 2.38. The van der Waals surface area contributed by atoms with Gasteiger partial charge < -0.3 is 4.42 Å². The van der Waals surface area contributed by atoms with Crippen molar-refractivity contribution < 1.29 is 30.8 Å². The molecule has 0 N–H and O–H groups in total. The number of benzene rings is 1. The van der Waals surface area contributed by atoms with Gasteiger partial charge in [0.2, 0.25) is 5.89 Å². The van der Waals surface area contributed by atoms with Gasteiger partial charge in [-0.1, -0.05) is 0 Å². The molecule has 1 aromatic heterocycles. The molecular weight excluding hydrogens is 300 g/mol. The van der Waals surface area contributed by atoms with E-state index in [9.17, 15) is 26.3 Å². The largest absolute Gasteiger partial charge is 0.441 e. The maximum atomic E-state index is 12.7. The van der Waals surface area contributed by atoms with Gasteiger partial charge in [0.05, 0.1) is 16.8 Å². The SMILES string of the molecule is Cc1nc(-c2cc(C(F)(F)F)cc(C(F)(F)F)c2)oc1C. The maximum Gasteiger partial charge on any atom is 0.416 e. The van der Waals surface area contributed by atoms with Gasteiger partial charge in [-0.25, -0.2) is 4.98 Å². The molecular formula is C13H9F6NO. The van der Waals surface area contributed by atoms with E-state index in [0.29, 0.717) is 23.6 Å². The Morgan fingerprint density at radius 3 is 1.67 bits per heavy atom. The summed E-state index contributed by atoms with van der Waals surface area (Å²) in [5.74, 6) is 0.0533. The van der Waals surface area contributed by atoms with Gasteiger partial charge in [0.1, 0.15) is 5.76 Å². The third-order valence-corrected chi connectivity index (χ3v) is 2.86. The van der Waals surface area contributed by atoms with Crippen molar-refractivity contribution in [3.8, 4) is 11.5 Å². The van der Waals surface area contributed by atoms with Gasteiger partial charge in [0, 0.05) is 5.56 Å². The minimum absolute atomic E-state index is 0.0617. The van der Waals surface area contributed by atoms with Crippen LogP contribution in [0.5, 0.6) is 0 Å². The first-order valence-corrected chi connectivity index (χ1v) is 5.72. The van der Waals surface area contributed by atoms with Gasteiger partial charge in [0.25, 0.3) is 0 Å². The van der Waals surface area contributed by atoms with Crippen LogP contribution in [0.2, 0.25) is 0 Å². The molecule has 2 rings (SSSR count). The molecule has 0 amide bonds. The number of hydrogen-bond acceptors (Lipinski definition) is 2. The summed E-state index contributed by atoms with van der Waals surface area (Å²) < 4.78 is 81.4. The first-order chi connectivity index (χ1) is 9.48. The molecule has 114 valence electrons. The molecule has 1 heterocycles. The molecule has 0 spiro atoms. The molecule has 0 radical (unpaired) electrons. The van der Waals surface area contributed by atoms with E-state index in [1.54, 1.807) is 6.92 Å². The number of aryl methyl sites for hydroxylation is 2. The van der Waals surface area contributed by atoms with Crippen LogP contribution in [0.25, 0.3) is 11.5 Å². The molecule has 0 atom stereocenters. The van der Waals surface area contributed by atoms with Crippen molar-refractivity contribution in [2.45, 2.75) is 26.2 Å². The van der Waals surface area contributed by atoms with Crippen molar-refractivity contribution in [1.82, 2.24) is 4.98 Å². The summed E-state index contributed by atoms with van der Waals surface area (Å²) in [7, 11) is 0. The van der Waals surface area contributed by atoms with Crippen molar-refractivity contribution in [3.05, 3.63) is 40.8 Å². The van der Waals surface area contributed by atoms with E-state index in [-0.39, 0.29) is 17.5 Å². The lowest BCUT2D eigenvalue weighted by atomic mass is 10.0. The van der Waals surface area contributed by atoms with E-state index < -0.39 is 23.5 Å². The molecule has 0 unspecified atom stereocenters. The molecule has 0 bridgehead atoms. The summed E-state index contributed by atoms with van der Waals surface area (Å²) in [6.07, 6.45) is -9.79. The third kappa shape index (κ3) is 3.20. The molecule has 0 fully saturated rings.